The van der Waals surface area contributed by atoms with E-state index >= 15 is 0 Å². The standard InChI is InChI=1S/C8H10BrF3N2S/c9-1-3-14(6-8(10,11)12)5-7-13-2-4-15-7/h2,4H,1,3,5-6H2. The molecule has 1 rings (SSSR count). The molecule has 1 heterocycles. The lowest BCUT2D eigenvalue weighted by molar-refractivity contribution is -0.146. The van der Waals surface area contributed by atoms with E-state index in [1.807, 2.05) is 0 Å². The van der Waals surface area contributed by atoms with Gasteiger partial charge in [0, 0.05) is 23.5 Å². The number of aromatic nitrogens is 1. The van der Waals surface area contributed by atoms with Crippen molar-refractivity contribution < 1.29 is 13.2 Å². The van der Waals surface area contributed by atoms with Gasteiger partial charge in [0.2, 0.25) is 0 Å². The summed E-state index contributed by atoms with van der Waals surface area (Å²) in [5.41, 5.74) is 0. The summed E-state index contributed by atoms with van der Waals surface area (Å²) in [5.74, 6) is 0. The Morgan fingerprint density at radius 3 is 2.67 bits per heavy atom. The summed E-state index contributed by atoms with van der Waals surface area (Å²) in [6, 6.07) is 0. The first kappa shape index (κ1) is 12.9. The molecule has 0 aliphatic rings. The molecule has 0 unspecified atom stereocenters. The molecule has 0 atom stereocenters. The number of alkyl halides is 4. The van der Waals surface area contributed by atoms with E-state index in [1.54, 1.807) is 11.6 Å². The summed E-state index contributed by atoms with van der Waals surface area (Å²) in [5, 5.41) is 2.99. The Labute approximate surface area is 98.2 Å². The summed E-state index contributed by atoms with van der Waals surface area (Å²) in [6.07, 6.45) is -2.56. The molecule has 0 N–H and O–H groups in total. The molecule has 7 heteroatoms. The summed E-state index contributed by atoms with van der Waals surface area (Å²) in [6.45, 7) is -0.278. The Hall–Kier alpha value is -0.140. The third-order valence-electron chi connectivity index (χ3n) is 1.65. The van der Waals surface area contributed by atoms with Gasteiger partial charge in [-0.1, -0.05) is 15.9 Å². The van der Waals surface area contributed by atoms with Crippen molar-refractivity contribution in [3.63, 3.8) is 0 Å². The first-order valence-corrected chi connectivity index (χ1v) is 6.25. The maximum Gasteiger partial charge on any atom is 0.401 e. The van der Waals surface area contributed by atoms with E-state index in [2.05, 4.69) is 20.9 Å². The number of rotatable bonds is 5. The van der Waals surface area contributed by atoms with Gasteiger partial charge in [-0.2, -0.15) is 13.2 Å². The Kier molecular flexibility index (Phi) is 5.01. The normalized spacial score (nSPS) is 12.3. The molecule has 1 aromatic heterocycles. The van der Waals surface area contributed by atoms with Crippen LogP contribution in [0.4, 0.5) is 13.2 Å². The van der Waals surface area contributed by atoms with E-state index in [9.17, 15) is 13.2 Å². The number of hydrogen-bond donors (Lipinski definition) is 0. The van der Waals surface area contributed by atoms with Gasteiger partial charge in [0.05, 0.1) is 13.1 Å². The molecule has 1 aromatic rings. The molecule has 0 spiro atoms. The Morgan fingerprint density at radius 1 is 1.47 bits per heavy atom. The summed E-state index contributed by atoms with van der Waals surface area (Å²) >= 11 is 4.50. The lowest BCUT2D eigenvalue weighted by Gasteiger charge is -2.21. The van der Waals surface area contributed by atoms with Gasteiger partial charge < -0.3 is 0 Å². The van der Waals surface area contributed by atoms with Crippen molar-refractivity contribution in [2.75, 3.05) is 18.4 Å². The summed E-state index contributed by atoms with van der Waals surface area (Å²) < 4.78 is 36.6. The average molecular weight is 303 g/mol. The van der Waals surface area contributed by atoms with Crippen LogP contribution >= 0.6 is 27.3 Å². The monoisotopic (exact) mass is 302 g/mol. The molecular formula is C8H10BrF3N2S. The van der Waals surface area contributed by atoms with Crippen LogP contribution in [0.15, 0.2) is 11.6 Å². The van der Waals surface area contributed by atoms with E-state index in [1.165, 1.54) is 16.2 Å². The highest BCUT2D eigenvalue weighted by molar-refractivity contribution is 9.09. The third kappa shape index (κ3) is 5.48. The van der Waals surface area contributed by atoms with Crippen molar-refractivity contribution in [3.05, 3.63) is 16.6 Å². The second-order valence-corrected chi connectivity index (χ2v) is 4.71. The van der Waals surface area contributed by atoms with Crippen molar-refractivity contribution in [1.29, 1.82) is 0 Å². The van der Waals surface area contributed by atoms with Crippen molar-refractivity contribution in [1.82, 2.24) is 9.88 Å². The van der Waals surface area contributed by atoms with E-state index in [0.29, 0.717) is 16.9 Å². The lowest BCUT2D eigenvalue weighted by Crippen LogP contribution is -2.35. The zero-order valence-electron chi connectivity index (χ0n) is 7.80. The third-order valence-corrected chi connectivity index (χ3v) is 2.76. The molecule has 0 aliphatic heterocycles. The van der Waals surface area contributed by atoms with Crippen molar-refractivity contribution >= 4 is 27.3 Å². The highest BCUT2D eigenvalue weighted by Crippen LogP contribution is 2.18. The van der Waals surface area contributed by atoms with Gasteiger partial charge >= 0.3 is 6.18 Å². The number of thiazole rings is 1. The molecule has 0 aromatic carbocycles. The number of hydrogen-bond acceptors (Lipinski definition) is 3. The molecule has 0 amide bonds. The van der Waals surface area contributed by atoms with E-state index < -0.39 is 12.7 Å². The zero-order chi connectivity index (χ0) is 11.3. The van der Waals surface area contributed by atoms with E-state index in [0.717, 1.165) is 0 Å². The smallest absolute Gasteiger partial charge is 0.287 e. The van der Waals surface area contributed by atoms with Gasteiger partial charge in [0.15, 0.2) is 0 Å². The van der Waals surface area contributed by atoms with Gasteiger partial charge in [-0.15, -0.1) is 11.3 Å². The quantitative estimate of drug-likeness (QED) is 0.778. The fourth-order valence-electron chi connectivity index (χ4n) is 1.11. The largest absolute Gasteiger partial charge is 0.401 e. The molecule has 86 valence electrons. The van der Waals surface area contributed by atoms with Crippen LogP contribution in [0.2, 0.25) is 0 Å². The predicted octanol–water partition coefficient (Wildman–Crippen LogP) is 2.90. The highest BCUT2D eigenvalue weighted by atomic mass is 79.9. The first-order valence-electron chi connectivity index (χ1n) is 4.24. The van der Waals surface area contributed by atoms with Gasteiger partial charge in [-0.05, 0) is 0 Å². The van der Waals surface area contributed by atoms with Gasteiger partial charge in [0.1, 0.15) is 5.01 Å². The number of halogens is 4. The molecule has 0 fully saturated rings. The molecule has 0 aliphatic carbocycles. The maximum atomic E-state index is 12.2. The first-order chi connectivity index (χ1) is 7.01. The fourth-order valence-corrected chi connectivity index (χ4v) is 2.27. The fraction of sp³-hybridized carbons (Fsp3) is 0.625. The summed E-state index contributed by atoms with van der Waals surface area (Å²) in [7, 11) is 0. The van der Waals surface area contributed by atoms with Crippen LogP contribution in [0.3, 0.4) is 0 Å². The van der Waals surface area contributed by atoms with Crippen LogP contribution in [0.5, 0.6) is 0 Å². The minimum atomic E-state index is -4.15. The second-order valence-electron chi connectivity index (χ2n) is 2.94. The molecule has 0 bridgehead atoms. The lowest BCUT2D eigenvalue weighted by atomic mass is 10.4. The topological polar surface area (TPSA) is 16.1 Å². The Bertz CT molecular complexity index is 276. The van der Waals surface area contributed by atoms with E-state index in [4.69, 9.17) is 0 Å². The summed E-state index contributed by atoms with van der Waals surface area (Å²) in [4.78, 5) is 5.29. The van der Waals surface area contributed by atoms with Crippen LogP contribution < -0.4 is 0 Å². The average Bonchev–Trinajstić information content (AvgIpc) is 2.54. The Balaban J connectivity index is 2.51. The van der Waals surface area contributed by atoms with Crippen LogP contribution in [-0.4, -0.2) is 34.5 Å². The molecule has 2 nitrogen and oxygen atoms in total. The van der Waals surface area contributed by atoms with Crippen LogP contribution in [0.1, 0.15) is 5.01 Å². The van der Waals surface area contributed by atoms with Crippen molar-refractivity contribution in [2.45, 2.75) is 12.7 Å². The zero-order valence-corrected chi connectivity index (χ0v) is 10.2. The van der Waals surface area contributed by atoms with E-state index in [-0.39, 0.29) is 6.54 Å². The van der Waals surface area contributed by atoms with Gasteiger partial charge in [-0.25, -0.2) is 4.98 Å². The molecule has 0 saturated heterocycles. The minimum Gasteiger partial charge on any atom is -0.287 e. The van der Waals surface area contributed by atoms with Crippen LogP contribution in [0, 0.1) is 0 Å². The predicted molar refractivity (Wildman–Crippen MR) is 57.2 cm³/mol. The molecule has 0 saturated carbocycles. The molecule has 15 heavy (non-hydrogen) atoms. The van der Waals surface area contributed by atoms with Crippen molar-refractivity contribution in [3.8, 4) is 0 Å². The highest BCUT2D eigenvalue weighted by Gasteiger charge is 2.30. The molecule has 0 radical (unpaired) electrons. The Morgan fingerprint density at radius 2 is 2.20 bits per heavy atom. The van der Waals surface area contributed by atoms with Gasteiger partial charge in [-0.3, -0.25) is 4.90 Å². The SMILES string of the molecule is FC(F)(F)CN(CCBr)Cc1nccs1. The van der Waals surface area contributed by atoms with Crippen LogP contribution in [0.25, 0.3) is 0 Å². The van der Waals surface area contributed by atoms with Crippen molar-refractivity contribution in [2.24, 2.45) is 0 Å². The number of nitrogens with zero attached hydrogens (tertiary/aromatic N) is 2. The maximum absolute atomic E-state index is 12.2. The van der Waals surface area contributed by atoms with Crippen LogP contribution in [-0.2, 0) is 6.54 Å². The molecular weight excluding hydrogens is 293 g/mol. The van der Waals surface area contributed by atoms with Gasteiger partial charge in [0.25, 0.3) is 0 Å². The second kappa shape index (κ2) is 5.81. The minimum absolute atomic E-state index is 0.253.